The van der Waals surface area contributed by atoms with Crippen LogP contribution < -0.4 is 0 Å². The average Bonchev–Trinajstić information content (AvgIpc) is 1.65. The third-order valence-corrected chi connectivity index (χ3v) is 0. The second-order valence-corrected chi connectivity index (χ2v) is 1.80. The number of hydrogen-bond acceptors (Lipinski definition) is 3. The first-order valence-electron chi connectivity index (χ1n) is 1.64. The fraction of sp³-hybridized carbons (Fsp3) is 0. The summed E-state index contributed by atoms with van der Waals surface area (Å²) in [6.45, 7) is 0. The number of rotatable bonds is 0. The van der Waals surface area contributed by atoms with E-state index in [-0.39, 0.29) is 40.6 Å². The van der Waals surface area contributed by atoms with E-state index in [1.54, 1.807) is 0 Å². The molecule has 0 unspecified atom stereocenters. The van der Waals surface area contributed by atoms with E-state index in [0.29, 0.717) is 0 Å². The van der Waals surface area contributed by atoms with E-state index in [1.165, 1.54) is 0 Å². The van der Waals surface area contributed by atoms with E-state index < -0.39 is 49.6 Å². The summed E-state index contributed by atoms with van der Waals surface area (Å²) in [5.41, 5.74) is 0. The van der Waals surface area contributed by atoms with Crippen molar-refractivity contribution in [2.24, 2.45) is 0 Å². The zero-order valence-electron chi connectivity index (χ0n) is 7.38. The molecular formula is H6Al2CaO7Ti. The Morgan fingerprint density at radius 1 is 1.09 bits per heavy atom. The molecule has 0 aliphatic heterocycles. The van der Waals surface area contributed by atoms with Crippen LogP contribution in [0.4, 0.5) is 0 Å². The fourth-order valence-corrected chi connectivity index (χ4v) is 0. The van der Waals surface area contributed by atoms with Crippen LogP contribution in [0.3, 0.4) is 0 Å². The van der Waals surface area contributed by atoms with E-state index in [2.05, 4.69) is 0 Å². The molecule has 0 heterocycles. The van der Waals surface area contributed by atoms with E-state index >= 15 is 0 Å². The molecule has 0 saturated carbocycles. The standard InChI is InChI=1S/2Al.Ca.4H2O.3O.Ti.2H/h;;;4*1H2;;;;;;/q2*+1;+2;;;;;;;;+2;2*-1/p-4. The van der Waals surface area contributed by atoms with Crippen LogP contribution in [0.1, 0.15) is 2.85 Å². The van der Waals surface area contributed by atoms with Gasteiger partial charge in [-0.05, 0) is 0 Å². The van der Waals surface area contributed by atoms with Crippen LogP contribution in [-0.2, 0) is 29.5 Å². The summed E-state index contributed by atoms with van der Waals surface area (Å²) in [5.74, 6) is 0. The zero-order valence-corrected chi connectivity index (χ0v) is 11.5. The van der Waals surface area contributed by atoms with Gasteiger partial charge >= 0.3 is 114 Å². The van der Waals surface area contributed by atoms with Gasteiger partial charge in [0, 0.05) is 0 Å². The molecule has 0 aromatic heterocycles. The first kappa shape index (κ1) is 23.1. The third kappa shape index (κ3) is 309. The molecule has 0 aromatic carbocycles. The van der Waals surface area contributed by atoms with Gasteiger partial charge in [-0.1, -0.05) is 0 Å². The van der Waals surface area contributed by atoms with Gasteiger partial charge in [0.05, 0.1) is 0 Å². The summed E-state index contributed by atoms with van der Waals surface area (Å²) in [5, 5.41) is 0. The molecule has 0 spiro atoms. The van der Waals surface area contributed by atoms with Gasteiger partial charge in [-0.3, -0.25) is 0 Å². The summed E-state index contributed by atoms with van der Waals surface area (Å²) < 4.78 is 54.6. The van der Waals surface area contributed by atoms with Crippen molar-refractivity contribution in [2.45, 2.75) is 0 Å². The summed E-state index contributed by atoms with van der Waals surface area (Å²) >= 11 is -6.58. The van der Waals surface area contributed by atoms with Crippen LogP contribution in [0.15, 0.2) is 0 Å². The Bertz CT molecular complexity index is 92.5. The van der Waals surface area contributed by atoms with Gasteiger partial charge < -0.3 is 2.85 Å². The molecule has 7 nitrogen and oxygen atoms in total. The summed E-state index contributed by atoms with van der Waals surface area (Å²) in [4.78, 5) is 0. The predicted octanol–water partition coefficient (Wildman–Crippen LogP) is -3.50. The topological polar surface area (TPSA) is 132 Å². The molecule has 0 aromatic rings. The van der Waals surface area contributed by atoms with Crippen LogP contribution in [0, 0.1) is 0 Å². The third-order valence-electron chi connectivity index (χ3n) is 0. The van der Waals surface area contributed by atoms with Crippen LogP contribution >= 0.6 is 0 Å². The van der Waals surface area contributed by atoms with Crippen molar-refractivity contribution < 1.29 is 48.1 Å². The molecule has 0 atom stereocenters. The SMILES string of the molecule is [Ca+2].[H-].[H-].[O]=[Al][OH].[O]=[Al][OH].[O]=[Ti]([OH])[OH]. The normalized spacial score (nSPS) is 3.82. The van der Waals surface area contributed by atoms with Crippen molar-refractivity contribution in [3.05, 3.63) is 0 Å². The second kappa shape index (κ2) is 29.7. The maximum atomic E-state index is 8.81. The molecule has 4 N–H and O–H groups in total. The Balaban J connectivity index is -0.0000000128. The quantitative estimate of drug-likeness (QED) is 0.332. The fourth-order valence-electron chi connectivity index (χ4n) is 0. The summed E-state index contributed by atoms with van der Waals surface area (Å²) in [7, 11) is 0. The minimum atomic E-state index is -3.58. The Morgan fingerprint density at radius 3 is 1.09 bits per heavy atom. The van der Waals surface area contributed by atoms with Gasteiger partial charge in [0.15, 0.2) is 0 Å². The minimum absolute atomic E-state index is 0. The van der Waals surface area contributed by atoms with E-state index in [9.17, 15) is 0 Å². The van der Waals surface area contributed by atoms with Crippen molar-refractivity contribution in [2.75, 3.05) is 0 Å². The Kier molecular flexibility index (Phi) is 62.3. The summed E-state index contributed by atoms with van der Waals surface area (Å²) in [6, 6.07) is 0. The Hall–Kier alpha value is 1.96. The molecule has 11 heavy (non-hydrogen) atoms. The predicted molar refractivity (Wildman–Crippen MR) is 30.4 cm³/mol. The first-order valence-corrected chi connectivity index (χ1v) is 5.65. The Morgan fingerprint density at radius 2 is 1.09 bits per heavy atom. The zero-order chi connectivity index (χ0) is 8.99. The molecule has 11 heteroatoms. The number of hydrogen-bond donors (Lipinski definition) is 4. The van der Waals surface area contributed by atoms with Gasteiger partial charge in [-0.15, -0.1) is 0 Å². The van der Waals surface area contributed by atoms with E-state index in [0.717, 1.165) is 0 Å². The van der Waals surface area contributed by atoms with Crippen molar-refractivity contribution in [3.8, 4) is 0 Å². The van der Waals surface area contributed by atoms with Crippen molar-refractivity contribution >= 4 is 68.7 Å². The summed E-state index contributed by atoms with van der Waals surface area (Å²) in [6.07, 6.45) is 0. The molecule has 0 amide bonds. The van der Waals surface area contributed by atoms with Gasteiger partial charge in [-0.25, -0.2) is 0 Å². The van der Waals surface area contributed by atoms with Crippen LogP contribution in [-0.4, -0.2) is 84.4 Å². The van der Waals surface area contributed by atoms with Crippen molar-refractivity contribution in [1.82, 2.24) is 0 Å². The first-order chi connectivity index (χ1) is 4.56. The monoisotopic (exact) mass is 260 g/mol. The molecule has 0 radical (unpaired) electrons. The van der Waals surface area contributed by atoms with E-state index in [4.69, 9.17) is 26.6 Å². The maximum absolute atomic E-state index is 8.81. The molecular weight excluding hydrogens is 254 g/mol. The van der Waals surface area contributed by atoms with Crippen LogP contribution in [0.25, 0.3) is 0 Å². The molecule has 60 valence electrons. The van der Waals surface area contributed by atoms with Crippen molar-refractivity contribution in [1.29, 1.82) is 0 Å². The molecule has 0 rings (SSSR count). The Labute approximate surface area is 115 Å². The van der Waals surface area contributed by atoms with Crippen LogP contribution in [0.2, 0.25) is 0 Å². The van der Waals surface area contributed by atoms with Crippen molar-refractivity contribution in [3.63, 3.8) is 0 Å². The van der Waals surface area contributed by atoms with Gasteiger partial charge in [0.2, 0.25) is 0 Å². The molecule has 0 bridgehead atoms. The molecule has 0 fully saturated rings. The second-order valence-electron chi connectivity index (χ2n) is 0.493. The molecule has 0 aliphatic rings. The van der Waals surface area contributed by atoms with Gasteiger partial charge in [0.1, 0.15) is 0 Å². The van der Waals surface area contributed by atoms with E-state index in [1.807, 2.05) is 0 Å². The molecule has 0 aliphatic carbocycles. The van der Waals surface area contributed by atoms with Gasteiger partial charge in [0.25, 0.3) is 0 Å². The molecule has 0 saturated heterocycles. The van der Waals surface area contributed by atoms with Gasteiger partial charge in [-0.2, -0.15) is 0 Å². The average molecular weight is 260 g/mol. The van der Waals surface area contributed by atoms with Crippen LogP contribution in [0.5, 0.6) is 0 Å².